The van der Waals surface area contributed by atoms with Gasteiger partial charge >= 0.3 is 0 Å². The van der Waals surface area contributed by atoms with Crippen LogP contribution >= 0.6 is 0 Å². The van der Waals surface area contributed by atoms with Gasteiger partial charge in [0.15, 0.2) is 15.7 Å². The first kappa shape index (κ1) is 15.0. The summed E-state index contributed by atoms with van der Waals surface area (Å²) in [6, 6.07) is 0. The predicted molar refractivity (Wildman–Crippen MR) is 78.7 cm³/mol. The summed E-state index contributed by atoms with van der Waals surface area (Å²) in [4.78, 5) is 4.54. The van der Waals surface area contributed by atoms with Crippen molar-refractivity contribution < 1.29 is 12.9 Å². The lowest BCUT2D eigenvalue weighted by atomic mass is 9.80. The zero-order valence-corrected chi connectivity index (χ0v) is 13.1. The molecular weight excluding hydrogens is 290 g/mol. The molecule has 0 radical (unpaired) electrons. The number of nitrogens with two attached hydrogens (primary N) is 1. The van der Waals surface area contributed by atoms with Crippen LogP contribution in [0.2, 0.25) is 0 Å². The Balaban J connectivity index is 1.83. The summed E-state index contributed by atoms with van der Waals surface area (Å²) in [5, 5.41) is 4.06. The molecule has 1 saturated carbocycles. The monoisotopic (exact) mass is 313 g/mol. The van der Waals surface area contributed by atoms with Gasteiger partial charge in [0, 0.05) is 12.5 Å². The summed E-state index contributed by atoms with van der Waals surface area (Å²) in [5.74, 6) is 1.41. The number of nitrogens with zero attached hydrogens (tertiary/aromatic N) is 2. The fraction of sp³-hybridized carbons (Fsp3) is 0.857. The summed E-state index contributed by atoms with van der Waals surface area (Å²) in [5.41, 5.74) is 5.81. The number of hydrogen-bond acceptors (Lipinski definition) is 6. The maximum Gasteiger partial charge on any atom is 0.234 e. The zero-order valence-electron chi connectivity index (χ0n) is 12.3. The van der Waals surface area contributed by atoms with Crippen molar-refractivity contribution in [2.75, 3.05) is 18.1 Å². The molecule has 6 nitrogen and oxygen atoms in total. The van der Waals surface area contributed by atoms with Gasteiger partial charge in [-0.1, -0.05) is 30.8 Å². The molecule has 7 heteroatoms. The van der Waals surface area contributed by atoms with Crippen molar-refractivity contribution in [1.29, 1.82) is 0 Å². The molecule has 2 N–H and O–H groups in total. The van der Waals surface area contributed by atoms with Crippen LogP contribution in [-0.2, 0) is 15.3 Å². The van der Waals surface area contributed by atoms with Crippen LogP contribution in [-0.4, -0.2) is 36.6 Å². The van der Waals surface area contributed by atoms with E-state index in [-0.39, 0.29) is 22.8 Å². The smallest absolute Gasteiger partial charge is 0.234 e. The SMILES string of the molecule is NCC1(c2nc(C3CCS(=O)(=O)C3)no2)CCCCCC1. The maximum absolute atomic E-state index is 11.6. The van der Waals surface area contributed by atoms with Crippen molar-refractivity contribution >= 4 is 9.84 Å². The van der Waals surface area contributed by atoms with E-state index in [2.05, 4.69) is 10.1 Å². The normalized spacial score (nSPS) is 28.3. The molecule has 1 saturated heterocycles. The summed E-state index contributed by atoms with van der Waals surface area (Å²) in [6.45, 7) is 0.512. The summed E-state index contributed by atoms with van der Waals surface area (Å²) in [6.07, 6.45) is 7.27. The molecule has 2 fully saturated rings. The fourth-order valence-corrected chi connectivity index (χ4v) is 5.26. The van der Waals surface area contributed by atoms with Crippen molar-refractivity contribution in [3.8, 4) is 0 Å². The van der Waals surface area contributed by atoms with Crippen LogP contribution < -0.4 is 5.73 Å². The van der Waals surface area contributed by atoms with E-state index in [9.17, 15) is 8.42 Å². The Hall–Kier alpha value is -0.950. The number of aromatic nitrogens is 2. The lowest BCUT2D eigenvalue weighted by molar-refractivity contribution is 0.256. The summed E-state index contributed by atoms with van der Waals surface area (Å²) in [7, 11) is -2.93. The van der Waals surface area contributed by atoms with Crippen LogP contribution in [0.5, 0.6) is 0 Å². The molecule has 2 aliphatic rings. The molecule has 21 heavy (non-hydrogen) atoms. The van der Waals surface area contributed by atoms with Gasteiger partial charge in [-0.05, 0) is 19.3 Å². The second-order valence-electron chi connectivity index (χ2n) is 6.46. The quantitative estimate of drug-likeness (QED) is 0.849. The van der Waals surface area contributed by atoms with Gasteiger partial charge in [-0.2, -0.15) is 4.98 Å². The molecule has 118 valence electrons. The molecule has 0 amide bonds. The van der Waals surface area contributed by atoms with Gasteiger partial charge in [-0.3, -0.25) is 0 Å². The van der Waals surface area contributed by atoms with Crippen molar-refractivity contribution in [1.82, 2.24) is 10.1 Å². The predicted octanol–water partition coefficient (Wildman–Crippen LogP) is 1.52. The van der Waals surface area contributed by atoms with Crippen LogP contribution in [0.15, 0.2) is 4.52 Å². The van der Waals surface area contributed by atoms with Crippen LogP contribution in [0, 0.1) is 0 Å². The average molecular weight is 313 g/mol. The Morgan fingerprint density at radius 3 is 2.52 bits per heavy atom. The molecule has 0 aromatic carbocycles. The second-order valence-corrected chi connectivity index (χ2v) is 8.69. The van der Waals surface area contributed by atoms with Crippen LogP contribution in [0.1, 0.15) is 62.6 Å². The molecule has 1 aliphatic heterocycles. The first-order valence-corrected chi connectivity index (χ1v) is 9.61. The molecule has 0 spiro atoms. The Morgan fingerprint density at radius 1 is 1.24 bits per heavy atom. The van der Waals surface area contributed by atoms with Gasteiger partial charge in [-0.15, -0.1) is 0 Å². The number of hydrogen-bond donors (Lipinski definition) is 1. The van der Waals surface area contributed by atoms with Crippen molar-refractivity contribution in [3.63, 3.8) is 0 Å². The van der Waals surface area contributed by atoms with Gasteiger partial charge in [-0.25, -0.2) is 8.42 Å². The lowest BCUT2D eigenvalue weighted by Crippen LogP contribution is -2.35. The van der Waals surface area contributed by atoms with Crippen molar-refractivity contribution in [2.24, 2.45) is 5.73 Å². The number of rotatable bonds is 3. The van der Waals surface area contributed by atoms with E-state index in [1.807, 2.05) is 0 Å². The summed E-state index contributed by atoms with van der Waals surface area (Å²) < 4.78 is 28.7. The molecule has 3 rings (SSSR count). The Bertz CT molecular complexity index is 588. The van der Waals surface area contributed by atoms with Crippen molar-refractivity contribution in [3.05, 3.63) is 11.7 Å². The number of sulfone groups is 1. The van der Waals surface area contributed by atoms with Crippen LogP contribution in [0.3, 0.4) is 0 Å². The first-order valence-electron chi connectivity index (χ1n) is 7.79. The molecule has 1 aromatic heterocycles. The minimum atomic E-state index is -2.93. The first-order chi connectivity index (χ1) is 10.0. The van der Waals surface area contributed by atoms with E-state index in [1.165, 1.54) is 12.8 Å². The van der Waals surface area contributed by atoms with E-state index in [0.717, 1.165) is 25.7 Å². The lowest BCUT2D eigenvalue weighted by Gasteiger charge is -2.26. The largest absolute Gasteiger partial charge is 0.339 e. The van der Waals surface area contributed by atoms with Gasteiger partial charge < -0.3 is 10.3 Å². The third kappa shape index (κ3) is 2.99. The Kier molecular flexibility index (Phi) is 4.05. The third-order valence-corrected chi connectivity index (χ3v) is 6.71. The highest BCUT2D eigenvalue weighted by atomic mass is 32.2. The highest BCUT2D eigenvalue weighted by molar-refractivity contribution is 7.91. The van der Waals surface area contributed by atoms with Gasteiger partial charge in [0.05, 0.1) is 16.9 Å². The standard InChI is InChI=1S/C14H23N3O3S/c15-10-14(6-3-1-2-4-7-14)13-16-12(17-20-13)11-5-8-21(18,19)9-11/h11H,1-10,15H2. The van der Waals surface area contributed by atoms with E-state index in [0.29, 0.717) is 24.7 Å². The van der Waals surface area contributed by atoms with Crippen LogP contribution in [0.25, 0.3) is 0 Å². The van der Waals surface area contributed by atoms with E-state index < -0.39 is 9.84 Å². The van der Waals surface area contributed by atoms with Crippen molar-refractivity contribution in [2.45, 2.75) is 56.3 Å². The van der Waals surface area contributed by atoms with Gasteiger partial charge in [0.1, 0.15) is 0 Å². The highest BCUT2D eigenvalue weighted by Crippen LogP contribution is 2.37. The van der Waals surface area contributed by atoms with Crippen LogP contribution in [0.4, 0.5) is 0 Å². The fourth-order valence-electron chi connectivity index (χ4n) is 3.53. The minimum Gasteiger partial charge on any atom is -0.339 e. The molecule has 0 bridgehead atoms. The average Bonchev–Trinajstić information content (AvgIpc) is 3.00. The second kappa shape index (κ2) is 5.68. The van der Waals surface area contributed by atoms with Gasteiger partial charge in [0.25, 0.3) is 0 Å². The molecule has 1 aliphatic carbocycles. The molecular formula is C14H23N3O3S. The molecule has 2 heterocycles. The Morgan fingerprint density at radius 2 is 1.95 bits per heavy atom. The van der Waals surface area contributed by atoms with E-state index >= 15 is 0 Å². The van der Waals surface area contributed by atoms with E-state index in [4.69, 9.17) is 10.3 Å². The van der Waals surface area contributed by atoms with Gasteiger partial charge in [0.2, 0.25) is 5.89 Å². The Labute approximate surface area is 125 Å². The highest BCUT2D eigenvalue weighted by Gasteiger charge is 2.39. The topological polar surface area (TPSA) is 99.1 Å². The maximum atomic E-state index is 11.6. The zero-order chi connectivity index (χ0) is 14.9. The molecule has 1 aromatic rings. The van der Waals surface area contributed by atoms with E-state index in [1.54, 1.807) is 0 Å². The summed E-state index contributed by atoms with van der Waals surface area (Å²) >= 11 is 0. The third-order valence-electron chi connectivity index (χ3n) is 4.94. The molecule has 1 unspecified atom stereocenters. The molecule has 1 atom stereocenters. The minimum absolute atomic E-state index is 0.117.